The Morgan fingerprint density at radius 2 is 1.58 bits per heavy atom. The Morgan fingerprint density at radius 3 is 2.21 bits per heavy atom. The van der Waals surface area contributed by atoms with Gasteiger partial charge >= 0.3 is 0 Å². The molecule has 0 amide bonds. The molecular formula is C16H18FNO. The van der Waals surface area contributed by atoms with E-state index in [4.69, 9.17) is 0 Å². The van der Waals surface area contributed by atoms with Gasteiger partial charge in [0.1, 0.15) is 11.6 Å². The summed E-state index contributed by atoms with van der Waals surface area (Å²) in [6.45, 7) is 3.96. The molecule has 19 heavy (non-hydrogen) atoms. The number of rotatable bonds is 4. The highest BCUT2D eigenvalue weighted by atomic mass is 19.1. The normalized spacial score (nSPS) is 14.1. The van der Waals surface area contributed by atoms with Gasteiger partial charge in [-0.1, -0.05) is 30.3 Å². The minimum Gasteiger partial charge on any atom is -0.508 e. The summed E-state index contributed by atoms with van der Waals surface area (Å²) in [5.74, 6) is 0.0542. The van der Waals surface area contributed by atoms with Gasteiger partial charge in [0.15, 0.2) is 0 Å². The SMILES string of the molecule is CC(NC(C)c1ccccc1F)c1ccc(O)cc1. The van der Waals surface area contributed by atoms with Crippen LogP contribution in [0.5, 0.6) is 5.75 Å². The zero-order valence-electron chi connectivity index (χ0n) is 11.1. The van der Waals surface area contributed by atoms with Crippen LogP contribution in [0.25, 0.3) is 0 Å². The summed E-state index contributed by atoms with van der Waals surface area (Å²) >= 11 is 0. The lowest BCUT2D eigenvalue weighted by Crippen LogP contribution is -2.23. The summed E-state index contributed by atoms with van der Waals surface area (Å²) in [7, 11) is 0. The maximum Gasteiger partial charge on any atom is 0.127 e. The summed E-state index contributed by atoms with van der Waals surface area (Å²) < 4.78 is 13.7. The number of nitrogens with one attached hydrogen (secondary N) is 1. The number of benzene rings is 2. The van der Waals surface area contributed by atoms with Gasteiger partial charge in [0.25, 0.3) is 0 Å². The maximum absolute atomic E-state index is 13.7. The van der Waals surface area contributed by atoms with E-state index in [0.29, 0.717) is 5.56 Å². The van der Waals surface area contributed by atoms with Gasteiger partial charge in [-0.15, -0.1) is 0 Å². The second kappa shape index (κ2) is 5.85. The van der Waals surface area contributed by atoms with Crippen LogP contribution in [0, 0.1) is 5.82 Å². The third-order valence-electron chi connectivity index (χ3n) is 3.26. The van der Waals surface area contributed by atoms with Crippen LogP contribution in [0.3, 0.4) is 0 Å². The van der Waals surface area contributed by atoms with Gasteiger partial charge in [-0.2, -0.15) is 0 Å². The smallest absolute Gasteiger partial charge is 0.127 e. The monoisotopic (exact) mass is 259 g/mol. The fourth-order valence-corrected chi connectivity index (χ4v) is 2.15. The molecule has 0 saturated carbocycles. The van der Waals surface area contributed by atoms with E-state index in [-0.39, 0.29) is 23.7 Å². The average molecular weight is 259 g/mol. The summed E-state index contributed by atoms with van der Waals surface area (Å²) in [6.07, 6.45) is 0. The highest BCUT2D eigenvalue weighted by molar-refractivity contribution is 5.28. The van der Waals surface area contributed by atoms with E-state index in [0.717, 1.165) is 5.56 Å². The molecule has 0 spiro atoms. The summed E-state index contributed by atoms with van der Waals surface area (Å²) in [4.78, 5) is 0. The van der Waals surface area contributed by atoms with Crippen molar-refractivity contribution in [2.45, 2.75) is 25.9 Å². The van der Waals surface area contributed by atoms with Gasteiger partial charge < -0.3 is 10.4 Å². The molecule has 2 atom stereocenters. The van der Waals surface area contributed by atoms with E-state index in [9.17, 15) is 9.50 Å². The van der Waals surface area contributed by atoms with Crippen molar-refractivity contribution in [3.63, 3.8) is 0 Å². The molecule has 0 radical (unpaired) electrons. The Bertz CT molecular complexity index is 539. The van der Waals surface area contributed by atoms with Crippen molar-refractivity contribution >= 4 is 0 Å². The van der Waals surface area contributed by atoms with Crippen molar-refractivity contribution < 1.29 is 9.50 Å². The molecule has 0 fully saturated rings. The zero-order chi connectivity index (χ0) is 13.8. The van der Waals surface area contributed by atoms with Crippen molar-refractivity contribution in [2.75, 3.05) is 0 Å². The zero-order valence-corrected chi connectivity index (χ0v) is 11.1. The molecule has 2 unspecified atom stereocenters. The molecule has 0 aliphatic rings. The number of aromatic hydroxyl groups is 1. The largest absolute Gasteiger partial charge is 0.508 e. The lowest BCUT2D eigenvalue weighted by Gasteiger charge is -2.21. The predicted molar refractivity (Wildman–Crippen MR) is 74.5 cm³/mol. The number of hydrogen-bond donors (Lipinski definition) is 2. The summed E-state index contributed by atoms with van der Waals surface area (Å²) in [5, 5.41) is 12.6. The Labute approximate surface area is 112 Å². The van der Waals surface area contributed by atoms with Gasteiger partial charge in [0.2, 0.25) is 0 Å². The first-order valence-electron chi connectivity index (χ1n) is 6.37. The predicted octanol–water partition coefficient (Wildman–Crippen LogP) is 3.94. The molecule has 0 heterocycles. The third kappa shape index (κ3) is 3.32. The average Bonchev–Trinajstić information content (AvgIpc) is 2.39. The van der Waals surface area contributed by atoms with Gasteiger partial charge in [-0.05, 0) is 37.6 Å². The molecule has 2 aromatic rings. The second-order valence-electron chi connectivity index (χ2n) is 4.72. The van der Waals surface area contributed by atoms with Crippen molar-refractivity contribution in [3.05, 3.63) is 65.5 Å². The molecule has 2 aromatic carbocycles. The highest BCUT2D eigenvalue weighted by Gasteiger charge is 2.13. The maximum atomic E-state index is 13.7. The Hall–Kier alpha value is -1.87. The molecule has 2 N–H and O–H groups in total. The van der Waals surface area contributed by atoms with Crippen LogP contribution in [0.15, 0.2) is 48.5 Å². The second-order valence-corrected chi connectivity index (χ2v) is 4.72. The van der Waals surface area contributed by atoms with Crippen LogP contribution >= 0.6 is 0 Å². The number of halogens is 1. The first-order chi connectivity index (χ1) is 9.08. The molecular weight excluding hydrogens is 241 g/mol. The van der Waals surface area contributed by atoms with Crippen LogP contribution in [0.1, 0.15) is 37.1 Å². The van der Waals surface area contributed by atoms with Crippen molar-refractivity contribution in [1.29, 1.82) is 0 Å². The number of phenols is 1. The first kappa shape index (κ1) is 13.6. The van der Waals surface area contributed by atoms with Crippen molar-refractivity contribution in [1.82, 2.24) is 5.32 Å². The lowest BCUT2D eigenvalue weighted by atomic mass is 10.0. The van der Waals surface area contributed by atoms with Gasteiger partial charge in [-0.25, -0.2) is 4.39 Å². The molecule has 2 nitrogen and oxygen atoms in total. The van der Waals surface area contributed by atoms with Crippen molar-refractivity contribution in [3.8, 4) is 5.75 Å². The first-order valence-corrected chi connectivity index (χ1v) is 6.37. The van der Waals surface area contributed by atoms with Crippen LogP contribution in [0.2, 0.25) is 0 Å². The molecule has 0 aromatic heterocycles. The van der Waals surface area contributed by atoms with Gasteiger partial charge in [0, 0.05) is 17.6 Å². The third-order valence-corrected chi connectivity index (χ3v) is 3.26. The van der Waals surface area contributed by atoms with Crippen LogP contribution in [0.4, 0.5) is 4.39 Å². The van der Waals surface area contributed by atoms with E-state index in [2.05, 4.69) is 5.32 Å². The molecule has 0 saturated heterocycles. The molecule has 0 aliphatic carbocycles. The minimum absolute atomic E-state index is 0.0787. The number of hydrogen-bond acceptors (Lipinski definition) is 2. The Morgan fingerprint density at radius 1 is 0.947 bits per heavy atom. The van der Waals surface area contributed by atoms with E-state index in [1.807, 2.05) is 32.0 Å². The molecule has 0 bridgehead atoms. The fraction of sp³-hybridized carbons (Fsp3) is 0.250. The van der Waals surface area contributed by atoms with Crippen LogP contribution in [-0.2, 0) is 0 Å². The van der Waals surface area contributed by atoms with Crippen LogP contribution in [-0.4, -0.2) is 5.11 Å². The standard InChI is InChI=1S/C16H18FNO/c1-11(13-7-9-14(19)10-8-13)18-12(2)15-5-3-4-6-16(15)17/h3-12,18-19H,1-2H3. The fourth-order valence-electron chi connectivity index (χ4n) is 2.15. The van der Waals surface area contributed by atoms with Gasteiger partial charge in [-0.3, -0.25) is 0 Å². The topological polar surface area (TPSA) is 32.3 Å². The Balaban J connectivity index is 2.08. The number of phenolic OH excluding ortho intramolecular Hbond substituents is 1. The van der Waals surface area contributed by atoms with E-state index in [1.54, 1.807) is 24.3 Å². The van der Waals surface area contributed by atoms with E-state index < -0.39 is 0 Å². The summed E-state index contributed by atoms with van der Waals surface area (Å²) in [6, 6.07) is 13.8. The minimum atomic E-state index is -0.194. The molecule has 0 aliphatic heterocycles. The quantitative estimate of drug-likeness (QED) is 0.871. The Kier molecular flexibility index (Phi) is 4.17. The highest BCUT2D eigenvalue weighted by Crippen LogP contribution is 2.22. The van der Waals surface area contributed by atoms with Crippen LogP contribution < -0.4 is 5.32 Å². The van der Waals surface area contributed by atoms with Gasteiger partial charge in [0.05, 0.1) is 0 Å². The molecule has 2 rings (SSSR count). The summed E-state index contributed by atoms with van der Waals surface area (Å²) in [5.41, 5.74) is 1.72. The lowest BCUT2D eigenvalue weighted by molar-refractivity contribution is 0.467. The van der Waals surface area contributed by atoms with E-state index >= 15 is 0 Å². The van der Waals surface area contributed by atoms with Crippen molar-refractivity contribution in [2.24, 2.45) is 0 Å². The molecule has 3 heteroatoms. The molecule has 100 valence electrons. The van der Waals surface area contributed by atoms with E-state index in [1.165, 1.54) is 6.07 Å².